The van der Waals surface area contributed by atoms with Crippen molar-refractivity contribution in [1.29, 1.82) is 0 Å². The number of ether oxygens (including phenoxy) is 1. The first-order valence-corrected chi connectivity index (χ1v) is 5.46. The van der Waals surface area contributed by atoms with Gasteiger partial charge in [-0.25, -0.2) is 0 Å². The Kier molecular flexibility index (Phi) is 6.75. The number of carbonyl (C=O) groups excluding carboxylic acids is 1. The molecular weight excluding hydrogens is 196 g/mol. The summed E-state index contributed by atoms with van der Waals surface area (Å²) >= 11 is 0. The van der Waals surface area contributed by atoms with Crippen LogP contribution < -0.4 is 0 Å². The molecule has 0 bridgehead atoms. The van der Waals surface area contributed by atoms with E-state index in [1.165, 1.54) is 0 Å². The van der Waals surface area contributed by atoms with Gasteiger partial charge in [-0.05, 0) is 26.2 Å². The summed E-state index contributed by atoms with van der Waals surface area (Å²) in [6, 6.07) is 0. The lowest BCUT2D eigenvalue weighted by Crippen LogP contribution is -2.23. The second kappa shape index (κ2) is 7.26. The Morgan fingerprint density at radius 1 is 1.13 bits per heavy atom. The first kappa shape index (κ1) is 13.9. The van der Waals surface area contributed by atoms with Gasteiger partial charge in [0, 0.05) is 0 Å². The van der Waals surface area contributed by atoms with E-state index in [2.05, 4.69) is 0 Å². The quantitative estimate of drug-likeness (QED) is 0.662. The Labute approximate surface area is 90.6 Å². The van der Waals surface area contributed by atoms with Crippen molar-refractivity contribution in [1.82, 2.24) is 0 Å². The third-order valence-corrected chi connectivity index (χ3v) is 2.52. The molecule has 0 spiro atoms. The smallest absolute Gasteiger partial charge is 0.308 e. The lowest BCUT2D eigenvalue weighted by molar-refractivity contribution is -0.150. The van der Waals surface area contributed by atoms with E-state index in [4.69, 9.17) is 9.84 Å². The molecule has 0 fully saturated rings. The Balaban J connectivity index is 4.29. The largest absolute Gasteiger partial charge is 0.481 e. The van der Waals surface area contributed by atoms with Crippen LogP contribution in [-0.2, 0) is 14.3 Å². The maximum Gasteiger partial charge on any atom is 0.308 e. The second-order valence-electron chi connectivity index (χ2n) is 3.54. The maximum atomic E-state index is 11.4. The van der Waals surface area contributed by atoms with Crippen molar-refractivity contribution in [2.45, 2.75) is 40.0 Å². The van der Waals surface area contributed by atoms with Crippen molar-refractivity contribution in [3.63, 3.8) is 0 Å². The Morgan fingerprint density at radius 2 is 1.67 bits per heavy atom. The molecule has 0 aromatic carbocycles. The summed E-state index contributed by atoms with van der Waals surface area (Å²) in [5, 5.41) is 8.88. The van der Waals surface area contributed by atoms with Gasteiger partial charge < -0.3 is 9.84 Å². The van der Waals surface area contributed by atoms with Gasteiger partial charge in [0.1, 0.15) is 0 Å². The van der Waals surface area contributed by atoms with Gasteiger partial charge in [0.2, 0.25) is 0 Å². The van der Waals surface area contributed by atoms with Crippen LogP contribution in [0.2, 0.25) is 0 Å². The molecule has 0 aromatic rings. The maximum absolute atomic E-state index is 11.4. The third kappa shape index (κ3) is 4.81. The number of carboxylic acid groups (broad SMARTS) is 1. The molecule has 2 unspecified atom stereocenters. The number of rotatable bonds is 7. The van der Waals surface area contributed by atoms with E-state index in [0.29, 0.717) is 25.9 Å². The summed E-state index contributed by atoms with van der Waals surface area (Å²) in [6.07, 6.45) is 1.55. The van der Waals surface area contributed by atoms with Gasteiger partial charge in [0.05, 0.1) is 18.4 Å². The zero-order valence-electron chi connectivity index (χ0n) is 9.66. The molecule has 0 saturated heterocycles. The van der Waals surface area contributed by atoms with E-state index in [0.717, 1.165) is 0 Å². The molecule has 0 aliphatic rings. The average molecular weight is 216 g/mol. The highest BCUT2D eigenvalue weighted by atomic mass is 16.5. The molecule has 0 aliphatic heterocycles. The van der Waals surface area contributed by atoms with Gasteiger partial charge in [-0.15, -0.1) is 0 Å². The zero-order chi connectivity index (χ0) is 11.8. The normalized spacial score (nSPS) is 14.3. The summed E-state index contributed by atoms with van der Waals surface area (Å²) in [6.45, 7) is 5.78. The minimum Gasteiger partial charge on any atom is -0.481 e. The summed E-state index contributed by atoms with van der Waals surface area (Å²) in [5.41, 5.74) is 0. The van der Waals surface area contributed by atoms with Crippen LogP contribution >= 0.6 is 0 Å². The van der Waals surface area contributed by atoms with E-state index < -0.39 is 11.9 Å². The molecule has 0 heterocycles. The number of esters is 1. The second-order valence-corrected chi connectivity index (χ2v) is 3.54. The van der Waals surface area contributed by atoms with Crippen molar-refractivity contribution in [2.24, 2.45) is 11.8 Å². The van der Waals surface area contributed by atoms with Crippen LogP contribution in [0.5, 0.6) is 0 Å². The van der Waals surface area contributed by atoms with Crippen LogP contribution in [0.25, 0.3) is 0 Å². The van der Waals surface area contributed by atoms with Crippen molar-refractivity contribution in [3.8, 4) is 0 Å². The van der Waals surface area contributed by atoms with Crippen LogP contribution in [0.1, 0.15) is 40.0 Å². The van der Waals surface area contributed by atoms with Crippen LogP contribution in [0.4, 0.5) is 0 Å². The predicted molar refractivity (Wildman–Crippen MR) is 56.4 cm³/mol. The number of aliphatic carboxylic acids is 1. The number of hydrogen-bond donors (Lipinski definition) is 1. The minimum atomic E-state index is -0.833. The van der Waals surface area contributed by atoms with Crippen LogP contribution in [-0.4, -0.2) is 23.7 Å². The van der Waals surface area contributed by atoms with E-state index >= 15 is 0 Å². The van der Waals surface area contributed by atoms with Crippen molar-refractivity contribution >= 4 is 11.9 Å². The molecule has 0 radical (unpaired) electrons. The van der Waals surface area contributed by atoms with Gasteiger partial charge in [0.25, 0.3) is 0 Å². The Hall–Kier alpha value is -1.06. The number of hydrogen-bond acceptors (Lipinski definition) is 3. The molecule has 1 N–H and O–H groups in total. The number of carbonyl (C=O) groups is 2. The molecule has 0 rings (SSSR count). The standard InChI is InChI=1S/C11H20O4/c1-4-8(10(12)13)7-9(5-2)11(14)15-6-3/h8-9H,4-7H2,1-3H3,(H,12,13). The lowest BCUT2D eigenvalue weighted by Gasteiger charge is -2.17. The van der Waals surface area contributed by atoms with Crippen molar-refractivity contribution < 1.29 is 19.4 Å². The van der Waals surface area contributed by atoms with Crippen LogP contribution in [0.15, 0.2) is 0 Å². The summed E-state index contributed by atoms with van der Waals surface area (Å²) < 4.78 is 4.89. The summed E-state index contributed by atoms with van der Waals surface area (Å²) in [7, 11) is 0. The highest BCUT2D eigenvalue weighted by molar-refractivity contribution is 5.75. The molecule has 88 valence electrons. The lowest BCUT2D eigenvalue weighted by atomic mass is 9.91. The van der Waals surface area contributed by atoms with Crippen LogP contribution in [0, 0.1) is 11.8 Å². The highest BCUT2D eigenvalue weighted by Gasteiger charge is 2.25. The summed E-state index contributed by atoms with van der Waals surface area (Å²) in [4.78, 5) is 22.2. The molecule has 2 atom stereocenters. The van der Waals surface area contributed by atoms with E-state index in [1.54, 1.807) is 6.92 Å². The summed E-state index contributed by atoms with van der Waals surface area (Å²) in [5.74, 6) is -1.84. The van der Waals surface area contributed by atoms with Gasteiger partial charge in [-0.2, -0.15) is 0 Å². The molecular formula is C11H20O4. The molecule has 15 heavy (non-hydrogen) atoms. The van der Waals surface area contributed by atoms with Gasteiger partial charge in [-0.1, -0.05) is 13.8 Å². The van der Waals surface area contributed by atoms with Crippen molar-refractivity contribution in [3.05, 3.63) is 0 Å². The molecule has 0 aromatic heterocycles. The van der Waals surface area contributed by atoms with Crippen LogP contribution in [0.3, 0.4) is 0 Å². The van der Waals surface area contributed by atoms with E-state index in [9.17, 15) is 9.59 Å². The zero-order valence-corrected chi connectivity index (χ0v) is 9.66. The Bertz CT molecular complexity index is 213. The first-order chi connectivity index (χ1) is 7.06. The fourth-order valence-electron chi connectivity index (χ4n) is 1.48. The Morgan fingerprint density at radius 3 is 2.00 bits per heavy atom. The topological polar surface area (TPSA) is 63.6 Å². The van der Waals surface area contributed by atoms with Crippen molar-refractivity contribution in [2.75, 3.05) is 6.61 Å². The molecule has 0 aliphatic carbocycles. The van der Waals surface area contributed by atoms with Gasteiger partial charge >= 0.3 is 11.9 Å². The van der Waals surface area contributed by atoms with Gasteiger partial charge in [0.15, 0.2) is 0 Å². The fourth-order valence-corrected chi connectivity index (χ4v) is 1.48. The third-order valence-electron chi connectivity index (χ3n) is 2.52. The van der Waals surface area contributed by atoms with Gasteiger partial charge in [-0.3, -0.25) is 9.59 Å². The molecule has 4 nitrogen and oxygen atoms in total. The average Bonchev–Trinajstić information content (AvgIpc) is 2.19. The molecule has 0 amide bonds. The SMILES string of the molecule is CCOC(=O)C(CC)CC(CC)C(=O)O. The minimum absolute atomic E-state index is 0.278. The highest BCUT2D eigenvalue weighted by Crippen LogP contribution is 2.20. The van der Waals surface area contributed by atoms with E-state index in [-0.39, 0.29) is 11.9 Å². The molecule has 0 saturated carbocycles. The number of carboxylic acids is 1. The predicted octanol–water partition coefficient (Wildman–Crippen LogP) is 2.08. The van der Waals surface area contributed by atoms with E-state index in [1.807, 2.05) is 13.8 Å². The first-order valence-electron chi connectivity index (χ1n) is 5.46. The monoisotopic (exact) mass is 216 g/mol. The fraction of sp³-hybridized carbons (Fsp3) is 0.818. The molecule has 4 heteroatoms.